The molecular formula is C20H22N4O3. The monoisotopic (exact) mass is 366 g/mol. The minimum absolute atomic E-state index is 0.00242. The highest BCUT2D eigenvalue weighted by molar-refractivity contribution is 5.91. The van der Waals surface area contributed by atoms with Gasteiger partial charge in [-0.05, 0) is 43.5 Å². The van der Waals surface area contributed by atoms with Crippen LogP contribution in [0.15, 0.2) is 47.1 Å². The molecule has 1 saturated heterocycles. The van der Waals surface area contributed by atoms with Gasteiger partial charge in [-0.1, -0.05) is 12.1 Å². The number of furan rings is 1. The van der Waals surface area contributed by atoms with Crippen molar-refractivity contribution in [3.05, 3.63) is 54.2 Å². The summed E-state index contributed by atoms with van der Waals surface area (Å²) in [5.41, 5.74) is 1.92. The summed E-state index contributed by atoms with van der Waals surface area (Å²) in [5, 5.41) is 2.77. The van der Waals surface area contributed by atoms with Crippen molar-refractivity contribution >= 4 is 22.8 Å². The number of para-hydroxylation sites is 2. The number of H-pyrrole nitrogens is 1. The Hall–Kier alpha value is -3.09. The molecular weight excluding hydrogens is 344 g/mol. The van der Waals surface area contributed by atoms with Crippen molar-refractivity contribution < 1.29 is 14.0 Å². The molecule has 1 atom stereocenters. The second kappa shape index (κ2) is 7.65. The number of carbonyl (C=O) groups is 2. The zero-order valence-electron chi connectivity index (χ0n) is 15.0. The minimum atomic E-state index is -0.256. The molecule has 1 aliphatic rings. The SMILES string of the molecule is O=C(NCCCC(=O)N1CCCC1c1nc2ccccc2[nH]1)c1ccco1. The van der Waals surface area contributed by atoms with E-state index >= 15 is 0 Å². The molecule has 3 heterocycles. The van der Waals surface area contributed by atoms with Crippen molar-refractivity contribution in [1.29, 1.82) is 0 Å². The van der Waals surface area contributed by atoms with Gasteiger partial charge in [-0.25, -0.2) is 4.98 Å². The van der Waals surface area contributed by atoms with Crippen LogP contribution in [0.3, 0.4) is 0 Å². The third-order valence-corrected chi connectivity index (χ3v) is 4.89. The molecule has 7 heteroatoms. The zero-order valence-corrected chi connectivity index (χ0v) is 15.0. The molecule has 0 bridgehead atoms. The van der Waals surface area contributed by atoms with Crippen LogP contribution in [0.2, 0.25) is 0 Å². The van der Waals surface area contributed by atoms with Crippen LogP contribution in [0, 0.1) is 0 Å². The fraction of sp³-hybridized carbons (Fsp3) is 0.350. The highest BCUT2D eigenvalue weighted by Crippen LogP contribution is 2.32. The molecule has 0 spiro atoms. The second-order valence-corrected chi connectivity index (χ2v) is 6.72. The Labute approximate surface area is 156 Å². The first kappa shape index (κ1) is 17.3. The Morgan fingerprint density at radius 1 is 1.26 bits per heavy atom. The Balaban J connectivity index is 1.31. The molecule has 0 radical (unpaired) electrons. The van der Waals surface area contributed by atoms with Gasteiger partial charge in [0.1, 0.15) is 5.82 Å². The molecule has 1 aliphatic heterocycles. The van der Waals surface area contributed by atoms with E-state index in [0.29, 0.717) is 19.4 Å². The maximum absolute atomic E-state index is 12.7. The van der Waals surface area contributed by atoms with Crippen molar-refractivity contribution in [3.8, 4) is 0 Å². The number of amides is 2. The Morgan fingerprint density at radius 3 is 2.96 bits per heavy atom. The number of nitrogens with zero attached hydrogens (tertiary/aromatic N) is 2. The lowest BCUT2D eigenvalue weighted by Gasteiger charge is -2.23. The normalized spacial score (nSPS) is 16.7. The van der Waals surface area contributed by atoms with Gasteiger partial charge in [-0.15, -0.1) is 0 Å². The molecule has 7 nitrogen and oxygen atoms in total. The number of hydrogen-bond donors (Lipinski definition) is 2. The van der Waals surface area contributed by atoms with E-state index in [-0.39, 0.29) is 23.6 Å². The number of hydrogen-bond acceptors (Lipinski definition) is 4. The highest BCUT2D eigenvalue weighted by Gasteiger charge is 2.31. The molecule has 1 aromatic carbocycles. The van der Waals surface area contributed by atoms with Gasteiger partial charge in [-0.3, -0.25) is 9.59 Å². The number of likely N-dealkylation sites (tertiary alicyclic amines) is 1. The van der Waals surface area contributed by atoms with E-state index in [1.54, 1.807) is 12.1 Å². The summed E-state index contributed by atoms with van der Waals surface area (Å²) < 4.78 is 5.05. The second-order valence-electron chi connectivity index (χ2n) is 6.72. The third kappa shape index (κ3) is 3.72. The van der Waals surface area contributed by atoms with Gasteiger partial charge < -0.3 is 19.6 Å². The molecule has 3 aromatic rings. The molecule has 0 aliphatic carbocycles. The summed E-state index contributed by atoms with van der Waals surface area (Å²) in [6.07, 6.45) is 4.34. The molecule has 140 valence electrons. The minimum Gasteiger partial charge on any atom is -0.459 e. The molecule has 2 N–H and O–H groups in total. The Morgan fingerprint density at radius 2 is 2.15 bits per heavy atom. The smallest absolute Gasteiger partial charge is 0.286 e. The summed E-state index contributed by atoms with van der Waals surface area (Å²) in [7, 11) is 0. The summed E-state index contributed by atoms with van der Waals surface area (Å²) in [6.45, 7) is 1.19. The number of carbonyl (C=O) groups excluding carboxylic acids is 2. The maximum atomic E-state index is 12.7. The number of fused-ring (bicyclic) bond motifs is 1. The van der Waals surface area contributed by atoms with Crippen LogP contribution in [0.4, 0.5) is 0 Å². The van der Waals surface area contributed by atoms with Crippen molar-refractivity contribution in [3.63, 3.8) is 0 Å². The van der Waals surface area contributed by atoms with Gasteiger partial charge in [0.05, 0.1) is 23.3 Å². The molecule has 1 fully saturated rings. The van der Waals surface area contributed by atoms with E-state index in [0.717, 1.165) is 36.2 Å². The Bertz CT molecular complexity index is 899. The zero-order chi connectivity index (χ0) is 18.6. The van der Waals surface area contributed by atoms with Crippen molar-refractivity contribution in [2.45, 2.75) is 31.7 Å². The van der Waals surface area contributed by atoms with Crippen LogP contribution in [0.25, 0.3) is 11.0 Å². The van der Waals surface area contributed by atoms with E-state index < -0.39 is 0 Å². The van der Waals surface area contributed by atoms with Crippen molar-refractivity contribution in [2.75, 3.05) is 13.1 Å². The number of nitrogens with one attached hydrogen (secondary N) is 2. The average Bonchev–Trinajstić information content (AvgIpc) is 3.43. The number of aromatic amines is 1. The van der Waals surface area contributed by atoms with Gasteiger partial charge in [-0.2, -0.15) is 0 Å². The summed E-state index contributed by atoms with van der Waals surface area (Å²) in [6, 6.07) is 11.2. The maximum Gasteiger partial charge on any atom is 0.286 e. The number of benzene rings is 1. The first-order valence-electron chi connectivity index (χ1n) is 9.28. The van der Waals surface area contributed by atoms with Crippen LogP contribution in [-0.4, -0.2) is 39.8 Å². The van der Waals surface area contributed by atoms with Crippen LogP contribution >= 0.6 is 0 Å². The molecule has 4 rings (SSSR count). The first-order valence-corrected chi connectivity index (χ1v) is 9.28. The number of imidazole rings is 1. The van der Waals surface area contributed by atoms with E-state index in [1.165, 1.54) is 6.26 Å². The van der Waals surface area contributed by atoms with Gasteiger partial charge in [0.15, 0.2) is 5.76 Å². The largest absolute Gasteiger partial charge is 0.459 e. The Kier molecular flexibility index (Phi) is 4.91. The average molecular weight is 366 g/mol. The van der Waals surface area contributed by atoms with Crippen LogP contribution in [0.5, 0.6) is 0 Å². The standard InChI is InChI=1S/C20H22N4O3/c25-18(10-3-11-21-20(26)17-9-5-13-27-17)24-12-4-8-16(24)19-22-14-6-1-2-7-15(14)23-19/h1-2,5-7,9,13,16H,3-4,8,10-12H2,(H,21,26)(H,22,23). The van der Waals surface area contributed by atoms with Crippen LogP contribution < -0.4 is 5.32 Å². The summed E-state index contributed by atoms with van der Waals surface area (Å²) >= 11 is 0. The molecule has 27 heavy (non-hydrogen) atoms. The fourth-order valence-electron chi connectivity index (χ4n) is 3.56. The lowest BCUT2D eigenvalue weighted by atomic mass is 10.2. The topological polar surface area (TPSA) is 91.2 Å². The van der Waals surface area contributed by atoms with E-state index in [9.17, 15) is 9.59 Å². The number of aromatic nitrogens is 2. The number of rotatable bonds is 6. The fourth-order valence-corrected chi connectivity index (χ4v) is 3.56. The predicted molar refractivity (Wildman–Crippen MR) is 100 cm³/mol. The lowest BCUT2D eigenvalue weighted by Crippen LogP contribution is -2.32. The van der Waals surface area contributed by atoms with Gasteiger partial charge in [0, 0.05) is 19.5 Å². The molecule has 1 unspecified atom stereocenters. The summed E-state index contributed by atoms with van der Waals surface area (Å²) in [5.74, 6) is 0.984. The third-order valence-electron chi connectivity index (χ3n) is 4.89. The lowest BCUT2D eigenvalue weighted by molar-refractivity contribution is -0.132. The van der Waals surface area contributed by atoms with Crippen molar-refractivity contribution in [2.24, 2.45) is 0 Å². The summed E-state index contributed by atoms with van der Waals surface area (Å²) in [4.78, 5) is 34.4. The van der Waals surface area contributed by atoms with E-state index in [4.69, 9.17) is 4.42 Å². The molecule has 2 amide bonds. The van der Waals surface area contributed by atoms with Crippen LogP contribution in [0.1, 0.15) is 48.1 Å². The van der Waals surface area contributed by atoms with Crippen LogP contribution in [-0.2, 0) is 4.79 Å². The predicted octanol–water partition coefficient (Wildman–Crippen LogP) is 3.03. The van der Waals surface area contributed by atoms with Gasteiger partial charge >= 0.3 is 0 Å². The van der Waals surface area contributed by atoms with E-state index in [1.807, 2.05) is 29.2 Å². The highest BCUT2D eigenvalue weighted by atomic mass is 16.3. The first-order chi connectivity index (χ1) is 13.2. The molecule has 0 saturated carbocycles. The van der Waals surface area contributed by atoms with Gasteiger partial charge in [0.25, 0.3) is 5.91 Å². The van der Waals surface area contributed by atoms with E-state index in [2.05, 4.69) is 15.3 Å². The van der Waals surface area contributed by atoms with Crippen molar-refractivity contribution in [1.82, 2.24) is 20.2 Å². The quantitative estimate of drug-likeness (QED) is 0.656. The molecule has 2 aromatic heterocycles. The van der Waals surface area contributed by atoms with Gasteiger partial charge in [0.2, 0.25) is 5.91 Å².